The second kappa shape index (κ2) is 7.73. The first kappa shape index (κ1) is 19.2. The van der Waals surface area contributed by atoms with Gasteiger partial charge in [-0.3, -0.25) is 9.59 Å². The van der Waals surface area contributed by atoms with Gasteiger partial charge in [0.2, 0.25) is 0 Å². The van der Waals surface area contributed by atoms with Crippen molar-refractivity contribution in [3.05, 3.63) is 64.1 Å². The van der Waals surface area contributed by atoms with Crippen molar-refractivity contribution in [2.24, 2.45) is 5.92 Å². The van der Waals surface area contributed by atoms with Gasteiger partial charge >= 0.3 is 6.03 Å². The standard InChI is InChI=1S/C22H26N4O3/c1-14(2)23-22(29)24-18-8-9-19-17-10-15(12-26(19)21(18)28)11-25(13-17)20(27)16-6-4-3-5-7-16/h3-9,14-15,17H,10-13H2,1-2H3,(H2,23,24,29)/t15-,17+/m0/s1. The molecule has 2 aliphatic heterocycles. The van der Waals surface area contributed by atoms with Crippen LogP contribution in [0.25, 0.3) is 0 Å². The highest BCUT2D eigenvalue weighted by Gasteiger charge is 2.37. The van der Waals surface area contributed by atoms with E-state index in [1.54, 1.807) is 10.6 Å². The van der Waals surface area contributed by atoms with Crippen LogP contribution in [0.1, 0.15) is 42.2 Å². The number of pyridine rings is 1. The molecular weight excluding hydrogens is 368 g/mol. The molecule has 2 N–H and O–H groups in total. The van der Waals surface area contributed by atoms with E-state index < -0.39 is 0 Å². The molecule has 2 aliphatic rings. The average molecular weight is 394 g/mol. The van der Waals surface area contributed by atoms with E-state index in [1.165, 1.54) is 0 Å². The van der Waals surface area contributed by atoms with Crippen LogP contribution in [0.3, 0.4) is 0 Å². The van der Waals surface area contributed by atoms with Crippen molar-refractivity contribution >= 4 is 17.6 Å². The number of hydrogen-bond acceptors (Lipinski definition) is 3. The molecule has 1 aromatic carbocycles. The number of rotatable bonds is 3. The van der Waals surface area contributed by atoms with Gasteiger partial charge in [-0.15, -0.1) is 0 Å². The average Bonchev–Trinajstić information content (AvgIpc) is 2.70. The van der Waals surface area contributed by atoms with Gasteiger partial charge in [0.05, 0.1) is 0 Å². The van der Waals surface area contributed by atoms with Gasteiger partial charge in [-0.2, -0.15) is 0 Å². The molecular formula is C22H26N4O3. The third kappa shape index (κ3) is 3.90. The molecule has 152 valence electrons. The lowest BCUT2D eigenvalue weighted by Crippen LogP contribution is -2.49. The molecule has 7 nitrogen and oxygen atoms in total. The zero-order valence-corrected chi connectivity index (χ0v) is 16.7. The Bertz CT molecular complexity index is 983. The molecule has 1 fully saturated rings. The molecule has 0 spiro atoms. The minimum absolute atomic E-state index is 0.0112. The van der Waals surface area contributed by atoms with Crippen LogP contribution in [-0.2, 0) is 6.54 Å². The summed E-state index contributed by atoms with van der Waals surface area (Å²) in [5, 5.41) is 5.39. The van der Waals surface area contributed by atoms with Crippen LogP contribution in [-0.4, -0.2) is 40.5 Å². The first-order valence-corrected chi connectivity index (χ1v) is 10.1. The second-order valence-corrected chi connectivity index (χ2v) is 8.22. The summed E-state index contributed by atoms with van der Waals surface area (Å²) in [6.07, 6.45) is 0.971. The number of anilines is 1. The highest BCUT2D eigenvalue weighted by atomic mass is 16.2. The smallest absolute Gasteiger partial charge is 0.319 e. The number of carbonyl (C=O) groups excluding carboxylic acids is 2. The van der Waals surface area contributed by atoms with E-state index in [0.717, 1.165) is 12.1 Å². The molecule has 1 saturated heterocycles. The van der Waals surface area contributed by atoms with Crippen molar-refractivity contribution in [3.63, 3.8) is 0 Å². The van der Waals surface area contributed by atoms with Crippen molar-refractivity contribution in [2.75, 3.05) is 18.4 Å². The first-order valence-electron chi connectivity index (χ1n) is 10.1. The largest absolute Gasteiger partial charge is 0.338 e. The van der Waals surface area contributed by atoms with Crippen molar-refractivity contribution in [2.45, 2.75) is 38.8 Å². The summed E-state index contributed by atoms with van der Waals surface area (Å²) in [4.78, 5) is 39.7. The Labute approximate surface area is 169 Å². The number of piperidine rings is 1. The van der Waals surface area contributed by atoms with E-state index >= 15 is 0 Å². The molecule has 7 heteroatoms. The van der Waals surface area contributed by atoms with Gasteiger partial charge in [0.15, 0.2) is 0 Å². The van der Waals surface area contributed by atoms with E-state index in [2.05, 4.69) is 10.6 Å². The maximum Gasteiger partial charge on any atom is 0.319 e. The van der Waals surface area contributed by atoms with Crippen LogP contribution < -0.4 is 16.2 Å². The van der Waals surface area contributed by atoms with E-state index in [9.17, 15) is 14.4 Å². The molecule has 29 heavy (non-hydrogen) atoms. The molecule has 4 rings (SSSR count). The summed E-state index contributed by atoms with van der Waals surface area (Å²) < 4.78 is 1.77. The molecule has 0 unspecified atom stereocenters. The number of nitrogens with one attached hydrogen (secondary N) is 2. The predicted octanol–water partition coefficient (Wildman–Crippen LogP) is 2.64. The Kier molecular flexibility index (Phi) is 5.13. The summed E-state index contributed by atoms with van der Waals surface area (Å²) in [6, 6.07) is 12.5. The third-order valence-electron chi connectivity index (χ3n) is 5.58. The molecule has 0 saturated carbocycles. The van der Waals surface area contributed by atoms with Gasteiger partial charge < -0.3 is 20.1 Å². The van der Waals surface area contributed by atoms with Crippen molar-refractivity contribution in [3.8, 4) is 0 Å². The lowest BCUT2D eigenvalue weighted by molar-refractivity contribution is 0.0594. The molecule has 0 aliphatic carbocycles. The zero-order chi connectivity index (χ0) is 20.5. The van der Waals surface area contributed by atoms with Gasteiger partial charge in [-0.05, 0) is 50.5 Å². The van der Waals surface area contributed by atoms with Crippen LogP contribution in [0.4, 0.5) is 10.5 Å². The summed E-state index contributed by atoms with van der Waals surface area (Å²) in [5.74, 6) is 0.396. The van der Waals surface area contributed by atoms with E-state index in [4.69, 9.17) is 0 Å². The maximum atomic E-state index is 12.9. The Morgan fingerprint density at radius 2 is 1.79 bits per heavy atom. The SMILES string of the molecule is CC(C)NC(=O)Nc1ccc2n(c1=O)C[C@H]1C[C@@H]2CN(C(=O)c2ccccc2)C1. The first-order chi connectivity index (χ1) is 13.9. The molecule has 3 amide bonds. The number of fused-ring (bicyclic) bond motifs is 4. The number of aromatic nitrogens is 1. The monoisotopic (exact) mass is 394 g/mol. The summed E-state index contributed by atoms with van der Waals surface area (Å²) in [6.45, 7) is 5.53. The molecule has 2 aromatic rings. The quantitative estimate of drug-likeness (QED) is 0.839. The lowest BCUT2D eigenvalue weighted by atomic mass is 9.83. The molecule has 3 heterocycles. The third-order valence-corrected chi connectivity index (χ3v) is 5.58. The maximum absolute atomic E-state index is 12.9. The molecule has 2 bridgehead atoms. The molecule has 2 atom stereocenters. The summed E-state index contributed by atoms with van der Waals surface area (Å²) in [5.41, 5.74) is 1.73. The second-order valence-electron chi connectivity index (χ2n) is 8.22. The lowest BCUT2D eigenvalue weighted by Gasteiger charge is -2.43. The Morgan fingerprint density at radius 3 is 2.52 bits per heavy atom. The number of benzene rings is 1. The fourth-order valence-electron chi connectivity index (χ4n) is 4.39. The van der Waals surface area contributed by atoms with E-state index in [1.807, 2.05) is 55.1 Å². The van der Waals surface area contributed by atoms with E-state index in [-0.39, 0.29) is 41.1 Å². The summed E-state index contributed by atoms with van der Waals surface area (Å²) >= 11 is 0. The molecule has 0 radical (unpaired) electrons. The van der Waals surface area contributed by atoms with Crippen molar-refractivity contribution < 1.29 is 9.59 Å². The van der Waals surface area contributed by atoms with Crippen LogP contribution in [0.5, 0.6) is 0 Å². The van der Waals surface area contributed by atoms with Gasteiger partial charge in [0.25, 0.3) is 11.5 Å². The van der Waals surface area contributed by atoms with Crippen LogP contribution in [0.2, 0.25) is 0 Å². The van der Waals surface area contributed by atoms with Gasteiger partial charge in [0.1, 0.15) is 5.69 Å². The number of amides is 3. The highest BCUT2D eigenvalue weighted by Crippen LogP contribution is 2.35. The number of carbonyl (C=O) groups is 2. The number of hydrogen-bond donors (Lipinski definition) is 2. The Balaban J connectivity index is 1.55. The van der Waals surface area contributed by atoms with Crippen molar-refractivity contribution in [1.82, 2.24) is 14.8 Å². The van der Waals surface area contributed by atoms with Crippen LogP contribution >= 0.6 is 0 Å². The van der Waals surface area contributed by atoms with Gasteiger partial charge in [-0.1, -0.05) is 18.2 Å². The predicted molar refractivity (Wildman–Crippen MR) is 111 cm³/mol. The topological polar surface area (TPSA) is 83.4 Å². The molecule has 1 aromatic heterocycles. The van der Waals surface area contributed by atoms with Crippen LogP contribution in [0, 0.1) is 5.92 Å². The Morgan fingerprint density at radius 1 is 1.03 bits per heavy atom. The fourth-order valence-corrected chi connectivity index (χ4v) is 4.39. The number of nitrogens with zero attached hydrogens (tertiary/aromatic N) is 2. The normalized spacial score (nSPS) is 20.2. The number of likely N-dealkylation sites (tertiary alicyclic amines) is 1. The summed E-state index contributed by atoms with van der Waals surface area (Å²) in [7, 11) is 0. The fraction of sp³-hybridized carbons (Fsp3) is 0.409. The number of urea groups is 1. The van der Waals surface area contributed by atoms with E-state index in [0.29, 0.717) is 25.2 Å². The van der Waals surface area contributed by atoms with Crippen molar-refractivity contribution in [1.29, 1.82) is 0 Å². The minimum atomic E-state index is -0.381. The Hall–Kier alpha value is -3.09. The van der Waals surface area contributed by atoms with Crippen LogP contribution in [0.15, 0.2) is 47.3 Å². The van der Waals surface area contributed by atoms with Gasteiger partial charge in [-0.25, -0.2) is 4.79 Å². The highest BCUT2D eigenvalue weighted by molar-refractivity contribution is 5.94. The zero-order valence-electron chi connectivity index (χ0n) is 16.7. The minimum Gasteiger partial charge on any atom is -0.338 e. The van der Waals surface area contributed by atoms with Gasteiger partial charge in [0, 0.05) is 42.9 Å².